The molecule has 2 saturated heterocycles. The van der Waals surface area contributed by atoms with Crippen molar-refractivity contribution in [2.45, 2.75) is 19.9 Å². The van der Waals surface area contributed by atoms with Gasteiger partial charge in [-0.25, -0.2) is 4.79 Å². The normalized spacial score (nSPS) is 25.9. The lowest BCUT2D eigenvalue weighted by molar-refractivity contribution is -0.128. The summed E-state index contributed by atoms with van der Waals surface area (Å²) in [6.07, 6.45) is 0. The molecule has 3 amide bonds. The molecule has 0 spiro atoms. The lowest BCUT2D eigenvalue weighted by Crippen LogP contribution is -2.43. The van der Waals surface area contributed by atoms with Gasteiger partial charge in [-0.3, -0.25) is 14.6 Å². The Labute approximate surface area is 107 Å². The third kappa shape index (κ3) is 2.81. The summed E-state index contributed by atoms with van der Waals surface area (Å²) in [5.74, 6) is 0.0399. The lowest BCUT2D eigenvalue weighted by atomic mass is 10.1. The van der Waals surface area contributed by atoms with Crippen molar-refractivity contribution in [3.63, 3.8) is 0 Å². The molecule has 1 N–H and O–H groups in total. The fraction of sp³-hybridized carbons (Fsp3) is 0.833. The Balaban J connectivity index is 1.85. The minimum atomic E-state index is -0.359. The van der Waals surface area contributed by atoms with Crippen LogP contribution in [0.15, 0.2) is 0 Å². The van der Waals surface area contributed by atoms with E-state index in [2.05, 4.69) is 10.2 Å². The number of imide groups is 1. The molecular weight excluding hydrogens is 234 g/mol. The highest BCUT2D eigenvalue weighted by Gasteiger charge is 2.39. The largest absolute Gasteiger partial charge is 0.379 e. The van der Waals surface area contributed by atoms with Crippen molar-refractivity contribution in [3.05, 3.63) is 0 Å². The highest BCUT2D eigenvalue weighted by atomic mass is 16.5. The van der Waals surface area contributed by atoms with E-state index in [4.69, 9.17) is 4.74 Å². The zero-order chi connectivity index (χ0) is 13.1. The number of hydrogen-bond donors (Lipinski definition) is 1. The number of carbonyl (C=O) groups excluding carboxylic acids is 2. The first-order valence-electron chi connectivity index (χ1n) is 6.51. The van der Waals surface area contributed by atoms with Crippen molar-refractivity contribution in [1.82, 2.24) is 15.1 Å². The second-order valence-electron chi connectivity index (χ2n) is 5.12. The van der Waals surface area contributed by atoms with Crippen LogP contribution in [0.25, 0.3) is 0 Å². The van der Waals surface area contributed by atoms with E-state index in [-0.39, 0.29) is 23.9 Å². The van der Waals surface area contributed by atoms with Gasteiger partial charge in [0.25, 0.3) is 5.91 Å². The Bertz CT molecular complexity index is 327. The Morgan fingerprint density at radius 1 is 1.28 bits per heavy atom. The molecule has 2 heterocycles. The molecule has 102 valence electrons. The van der Waals surface area contributed by atoms with Crippen LogP contribution in [0, 0.1) is 5.92 Å². The maximum atomic E-state index is 12.0. The summed E-state index contributed by atoms with van der Waals surface area (Å²) in [6.45, 7) is 8.28. The minimum absolute atomic E-state index is 0.0942. The Kier molecular flexibility index (Phi) is 4.19. The molecule has 2 fully saturated rings. The van der Waals surface area contributed by atoms with E-state index in [1.165, 1.54) is 4.90 Å². The van der Waals surface area contributed by atoms with Gasteiger partial charge in [-0.15, -0.1) is 0 Å². The van der Waals surface area contributed by atoms with E-state index in [0.717, 1.165) is 32.8 Å². The van der Waals surface area contributed by atoms with Gasteiger partial charge in [0.05, 0.1) is 13.2 Å². The topological polar surface area (TPSA) is 61.9 Å². The van der Waals surface area contributed by atoms with Crippen molar-refractivity contribution in [1.29, 1.82) is 0 Å². The Morgan fingerprint density at radius 3 is 2.50 bits per heavy atom. The Morgan fingerprint density at radius 2 is 1.94 bits per heavy atom. The van der Waals surface area contributed by atoms with Gasteiger partial charge in [0.15, 0.2) is 0 Å². The van der Waals surface area contributed by atoms with E-state index in [9.17, 15) is 9.59 Å². The van der Waals surface area contributed by atoms with Crippen molar-refractivity contribution >= 4 is 11.9 Å². The second kappa shape index (κ2) is 5.67. The molecule has 0 aromatic heterocycles. The standard InChI is InChI=1S/C12H21N3O3/c1-9(2)10-11(16)15(12(17)13-10)4-3-14-5-7-18-8-6-14/h9-10H,3-8H2,1-2H3,(H,13,17). The smallest absolute Gasteiger partial charge is 0.324 e. The van der Waals surface area contributed by atoms with Crippen molar-refractivity contribution in [2.75, 3.05) is 39.4 Å². The minimum Gasteiger partial charge on any atom is -0.379 e. The quantitative estimate of drug-likeness (QED) is 0.712. The maximum Gasteiger partial charge on any atom is 0.324 e. The first-order chi connectivity index (χ1) is 8.59. The molecule has 2 aliphatic heterocycles. The number of nitrogens with zero attached hydrogens (tertiary/aromatic N) is 2. The number of amides is 3. The molecule has 0 aromatic carbocycles. The van der Waals surface area contributed by atoms with Crippen molar-refractivity contribution in [2.24, 2.45) is 5.92 Å². The summed E-state index contributed by atoms with van der Waals surface area (Å²) in [6, 6.07) is -0.617. The average molecular weight is 255 g/mol. The maximum absolute atomic E-state index is 12.0. The number of rotatable bonds is 4. The van der Waals surface area contributed by atoms with Crippen molar-refractivity contribution in [3.8, 4) is 0 Å². The summed E-state index contributed by atoms with van der Waals surface area (Å²) >= 11 is 0. The van der Waals surface area contributed by atoms with Gasteiger partial charge in [-0.1, -0.05) is 13.8 Å². The second-order valence-corrected chi connectivity index (χ2v) is 5.12. The van der Waals surface area contributed by atoms with E-state index in [1.807, 2.05) is 13.8 Å². The fourth-order valence-corrected chi connectivity index (χ4v) is 2.27. The number of urea groups is 1. The van der Waals surface area contributed by atoms with Gasteiger partial charge in [0.1, 0.15) is 6.04 Å². The first-order valence-corrected chi connectivity index (χ1v) is 6.51. The van der Waals surface area contributed by atoms with Crippen LogP contribution in [0.4, 0.5) is 4.79 Å². The van der Waals surface area contributed by atoms with Gasteiger partial charge in [0.2, 0.25) is 0 Å². The van der Waals surface area contributed by atoms with E-state index < -0.39 is 0 Å². The molecule has 0 bridgehead atoms. The lowest BCUT2D eigenvalue weighted by Gasteiger charge is -2.27. The molecule has 0 saturated carbocycles. The van der Waals surface area contributed by atoms with E-state index >= 15 is 0 Å². The SMILES string of the molecule is CC(C)C1NC(=O)N(CCN2CCOCC2)C1=O. The fourth-order valence-electron chi connectivity index (χ4n) is 2.27. The van der Waals surface area contributed by atoms with Gasteiger partial charge in [-0.2, -0.15) is 0 Å². The van der Waals surface area contributed by atoms with Crippen LogP contribution in [0.5, 0.6) is 0 Å². The molecule has 0 aliphatic carbocycles. The highest BCUT2D eigenvalue weighted by Crippen LogP contribution is 2.13. The average Bonchev–Trinajstić information content (AvgIpc) is 2.64. The first kappa shape index (κ1) is 13.3. The zero-order valence-corrected chi connectivity index (χ0v) is 11.0. The van der Waals surface area contributed by atoms with Crippen LogP contribution in [0.2, 0.25) is 0 Å². The van der Waals surface area contributed by atoms with Crippen molar-refractivity contribution < 1.29 is 14.3 Å². The van der Waals surface area contributed by atoms with Crippen LogP contribution >= 0.6 is 0 Å². The number of carbonyl (C=O) groups is 2. The van der Waals surface area contributed by atoms with E-state index in [1.54, 1.807) is 0 Å². The van der Waals surface area contributed by atoms with E-state index in [0.29, 0.717) is 6.54 Å². The third-order valence-electron chi connectivity index (χ3n) is 3.47. The molecule has 18 heavy (non-hydrogen) atoms. The van der Waals surface area contributed by atoms with Crippen LogP contribution in [0.3, 0.4) is 0 Å². The third-order valence-corrected chi connectivity index (χ3v) is 3.47. The highest BCUT2D eigenvalue weighted by molar-refractivity contribution is 6.04. The molecule has 0 radical (unpaired) electrons. The van der Waals surface area contributed by atoms with Gasteiger partial charge in [-0.05, 0) is 5.92 Å². The number of morpholine rings is 1. The molecule has 1 unspecified atom stereocenters. The van der Waals surface area contributed by atoms with Crippen LogP contribution < -0.4 is 5.32 Å². The molecule has 6 heteroatoms. The molecule has 0 aromatic rings. The Hall–Kier alpha value is -1.14. The van der Waals surface area contributed by atoms with Crippen LogP contribution in [-0.4, -0.2) is 67.2 Å². The number of hydrogen-bond acceptors (Lipinski definition) is 4. The number of ether oxygens (including phenoxy) is 1. The molecule has 2 rings (SSSR count). The molecule has 6 nitrogen and oxygen atoms in total. The summed E-state index contributed by atoms with van der Waals surface area (Å²) < 4.78 is 5.26. The molecule has 1 atom stereocenters. The van der Waals surface area contributed by atoms with Gasteiger partial charge < -0.3 is 10.1 Å². The summed E-state index contributed by atoms with van der Waals surface area (Å²) in [4.78, 5) is 27.3. The van der Waals surface area contributed by atoms with Gasteiger partial charge >= 0.3 is 6.03 Å². The number of nitrogens with one attached hydrogen (secondary N) is 1. The zero-order valence-electron chi connectivity index (χ0n) is 11.0. The summed E-state index contributed by atoms with van der Waals surface area (Å²) in [7, 11) is 0. The summed E-state index contributed by atoms with van der Waals surface area (Å²) in [5.41, 5.74) is 0. The summed E-state index contributed by atoms with van der Waals surface area (Å²) in [5, 5.41) is 2.74. The predicted octanol–water partition coefficient (Wildman–Crippen LogP) is -0.105. The van der Waals surface area contributed by atoms with Gasteiger partial charge in [0, 0.05) is 26.2 Å². The predicted molar refractivity (Wildman–Crippen MR) is 66.1 cm³/mol. The molecular formula is C12H21N3O3. The van der Waals surface area contributed by atoms with Crippen LogP contribution in [-0.2, 0) is 9.53 Å². The monoisotopic (exact) mass is 255 g/mol. The molecule has 2 aliphatic rings. The van der Waals surface area contributed by atoms with Crippen LogP contribution in [0.1, 0.15) is 13.8 Å².